The van der Waals surface area contributed by atoms with Gasteiger partial charge in [-0.3, -0.25) is 10.3 Å². The molecular formula is C30H30F2N2O. The number of aliphatic hydroxyl groups is 1. The van der Waals surface area contributed by atoms with E-state index in [0.29, 0.717) is 23.2 Å². The van der Waals surface area contributed by atoms with E-state index in [9.17, 15) is 13.9 Å². The lowest BCUT2D eigenvalue weighted by molar-refractivity contribution is -0.00847. The van der Waals surface area contributed by atoms with Crippen LogP contribution in [-0.4, -0.2) is 10.1 Å². The molecule has 0 fully saturated rings. The summed E-state index contributed by atoms with van der Waals surface area (Å²) < 4.78 is 29.5. The average Bonchev–Trinajstić information content (AvgIpc) is 2.90. The van der Waals surface area contributed by atoms with Gasteiger partial charge in [0, 0.05) is 24.6 Å². The Balaban J connectivity index is 1.91. The quantitative estimate of drug-likeness (QED) is 0.268. The Kier molecular flexibility index (Phi) is 7.39. The lowest BCUT2D eigenvalue weighted by atomic mass is 9.79. The zero-order chi connectivity index (χ0) is 24.9. The summed E-state index contributed by atoms with van der Waals surface area (Å²) in [6, 6.07) is 29.4. The number of aliphatic hydroxyl groups excluding tert-OH is 1. The van der Waals surface area contributed by atoms with Crippen LogP contribution in [0.2, 0.25) is 0 Å². The molecule has 4 rings (SSSR count). The van der Waals surface area contributed by atoms with Gasteiger partial charge in [0.25, 0.3) is 5.92 Å². The topological polar surface area (TPSA) is 45.1 Å². The summed E-state index contributed by atoms with van der Waals surface area (Å²) in [5, 5.41) is 14.7. The van der Waals surface area contributed by atoms with Gasteiger partial charge in [0.15, 0.2) is 0 Å². The third-order valence-electron chi connectivity index (χ3n) is 6.41. The summed E-state index contributed by atoms with van der Waals surface area (Å²) in [4.78, 5) is 4.64. The first-order valence-electron chi connectivity index (χ1n) is 11.8. The van der Waals surface area contributed by atoms with Crippen LogP contribution in [0, 0.1) is 6.92 Å². The molecular weight excluding hydrogens is 442 g/mol. The van der Waals surface area contributed by atoms with Gasteiger partial charge in [0.05, 0.1) is 11.2 Å². The molecule has 0 aliphatic rings. The maximum absolute atomic E-state index is 14.8. The largest absolute Gasteiger partial charge is 0.374 e. The second-order valence-electron chi connectivity index (χ2n) is 8.88. The number of benzene rings is 3. The first kappa shape index (κ1) is 24.7. The highest BCUT2D eigenvalue weighted by Crippen LogP contribution is 2.38. The minimum Gasteiger partial charge on any atom is -0.374 e. The van der Waals surface area contributed by atoms with Gasteiger partial charge < -0.3 is 5.11 Å². The molecule has 2 atom stereocenters. The van der Waals surface area contributed by atoms with Gasteiger partial charge in [-0.2, -0.15) is 0 Å². The number of aryl methyl sites for hydroxylation is 1. The molecule has 0 bridgehead atoms. The van der Waals surface area contributed by atoms with Gasteiger partial charge >= 0.3 is 0 Å². The highest BCUT2D eigenvalue weighted by Gasteiger charge is 2.39. The Morgan fingerprint density at radius 2 is 1.54 bits per heavy atom. The lowest BCUT2D eigenvalue weighted by Gasteiger charge is -2.38. The number of nitrogens with one attached hydrogen (secondary N) is 1. The summed E-state index contributed by atoms with van der Waals surface area (Å²) in [5.74, 6) is -2.96. The first-order chi connectivity index (χ1) is 16.8. The van der Waals surface area contributed by atoms with Crippen molar-refractivity contribution in [2.24, 2.45) is 0 Å². The number of hydrogen-bond donors (Lipinski definition) is 2. The normalized spacial score (nSPS) is 14.3. The Labute approximate surface area is 205 Å². The van der Waals surface area contributed by atoms with Crippen LogP contribution in [-0.2, 0) is 17.9 Å². The van der Waals surface area contributed by atoms with Gasteiger partial charge in [-0.1, -0.05) is 91.3 Å². The fourth-order valence-corrected chi connectivity index (χ4v) is 4.35. The molecule has 180 valence electrons. The Bertz CT molecular complexity index is 1230. The molecule has 1 heterocycles. The van der Waals surface area contributed by atoms with Crippen LogP contribution in [0.3, 0.4) is 0 Å². The number of pyridine rings is 1. The van der Waals surface area contributed by atoms with Crippen molar-refractivity contribution in [3.8, 4) is 0 Å². The van der Waals surface area contributed by atoms with Crippen LogP contribution in [0.5, 0.6) is 0 Å². The average molecular weight is 473 g/mol. The van der Waals surface area contributed by atoms with Crippen molar-refractivity contribution in [3.05, 3.63) is 137 Å². The molecule has 0 aliphatic heterocycles. The van der Waals surface area contributed by atoms with Crippen molar-refractivity contribution < 1.29 is 13.9 Å². The molecule has 2 N–H and O–H groups in total. The third-order valence-corrected chi connectivity index (χ3v) is 6.41. The monoisotopic (exact) mass is 472 g/mol. The van der Waals surface area contributed by atoms with Crippen LogP contribution >= 0.6 is 0 Å². The minimum atomic E-state index is -2.96. The van der Waals surface area contributed by atoms with Crippen LogP contribution in [0.25, 0.3) is 0 Å². The molecule has 0 aliphatic carbocycles. The van der Waals surface area contributed by atoms with E-state index in [1.165, 1.54) is 19.1 Å². The summed E-state index contributed by atoms with van der Waals surface area (Å²) in [7, 11) is 0. The molecule has 0 radical (unpaired) electrons. The SMILES string of the molecule is CCC(F)(F)c1cccc(C(Cc2ccccc2)(NC(O)c2ccc(C)cc2)c2ccccn2)c1. The number of aromatic nitrogens is 1. The fourth-order valence-electron chi connectivity index (χ4n) is 4.35. The highest BCUT2D eigenvalue weighted by atomic mass is 19.3. The number of alkyl halides is 2. The number of hydrogen-bond acceptors (Lipinski definition) is 3. The first-order valence-corrected chi connectivity index (χ1v) is 11.8. The summed E-state index contributed by atoms with van der Waals surface area (Å²) in [6.45, 7) is 3.46. The Morgan fingerprint density at radius 1 is 0.857 bits per heavy atom. The molecule has 3 nitrogen and oxygen atoms in total. The molecule has 0 saturated heterocycles. The number of nitrogens with zero attached hydrogens (tertiary/aromatic N) is 1. The van der Waals surface area contributed by atoms with E-state index < -0.39 is 17.7 Å². The number of rotatable bonds is 9. The van der Waals surface area contributed by atoms with E-state index in [2.05, 4.69) is 10.3 Å². The summed E-state index contributed by atoms with van der Waals surface area (Å²) in [6.07, 6.45) is 0.719. The van der Waals surface area contributed by atoms with Gasteiger partial charge in [-0.15, -0.1) is 0 Å². The second kappa shape index (κ2) is 10.5. The standard InChI is InChI=1S/C30H30F2N2O/c1-3-30(31,32)26-13-9-12-25(20-26)29(27-14-7-8-19-33-27,21-23-10-5-4-6-11-23)34-28(35)24-17-15-22(2)16-18-24/h4-20,28,34-35H,3,21H2,1-2H3. The van der Waals surface area contributed by atoms with Crippen molar-refractivity contribution in [2.45, 2.75) is 44.4 Å². The zero-order valence-electron chi connectivity index (χ0n) is 20.0. The van der Waals surface area contributed by atoms with E-state index >= 15 is 0 Å². The fraction of sp³-hybridized carbons (Fsp3) is 0.233. The van der Waals surface area contributed by atoms with Gasteiger partial charge in [-0.05, 0) is 41.8 Å². The molecule has 1 aromatic heterocycles. The van der Waals surface area contributed by atoms with Gasteiger partial charge in [-0.25, -0.2) is 8.78 Å². The van der Waals surface area contributed by atoms with E-state index in [-0.39, 0.29) is 12.0 Å². The van der Waals surface area contributed by atoms with Crippen LogP contribution in [0.15, 0.2) is 103 Å². The predicted octanol–water partition coefficient (Wildman–Crippen LogP) is 6.66. The van der Waals surface area contributed by atoms with Crippen molar-refractivity contribution in [1.82, 2.24) is 10.3 Å². The van der Waals surface area contributed by atoms with Crippen molar-refractivity contribution in [2.75, 3.05) is 0 Å². The van der Waals surface area contributed by atoms with Crippen LogP contribution in [0.1, 0.15) is 53.1 Å². The Hall–Kier alpha value is -3.41. The second-order valence-corrected chi connectivity index (χ2v) is 8.88. The Morgan fingerprint density at radius 3 is 2.20 bits per heavy atom. The lowest BCUT2D eigenvalue weighted by Crippen LogP contribution is -2.48. The zero-order valence-corrected chi connectivity index (χ0v) is 20.0. The number of halogens is 2. The van der Waals surface area contributed by atoms with Crippen LogP contribution < -0.4 is 5.32 Å². The van der Waals surface area contributed by atoms with E-state index in [1.807, 2.05) is 85.8 Å². The molecule has 5 heteroatoms. The van der Waals surface area contributed by atoms with E-state index in [1.54, 1.807) is 12.3 Å². The predicted molar refractivity (Wildman–Crippen MR) is 135 cm³/mol. The molecule has 0 saturated carbocycles. The van der Waals surface area contributed by atoms with Gasteiger partial charge in [0.2, 0.25) is 0 Å². The molecule has 35 heavy (non-hydrogen) atoms. The maximum atomic E-state index is 14.8. The van der Waals surface area contributed by atoms with Gasteiger partial charge in [0.1, 0.15) is 6.23 Å². The molecule has 0 amide bonds. The van der Waals surface area contributed by atoms with Crippen molar-refractivity contribution in [1.29, 1.82) is 0 Å². The highest BCUT2D eigenvalue weighted by molar-refractivity contribution is 5.41. The smallest absolute Gasteiger partial charge is 0.273 e. The summed E-state index contributed by atoms with van der Waals surface area (Å²) >= 11 is 0. The molecule has 4 aromatic rings. The van der Waals surface area contributed by atoms with Crippen molar-refractivity contribution in [3.63, 3.8) is 0 Å². The van der Waals surface area contributed by atoms with E-state index in [4.69, 9.17) is 0 Å². The maximum Gasteiger partial charge on any atom is 0.273 e. The van der Waals surface area contributed by atoms with Crippen molar-refractivity contribution >= 4 is 0 Å². The van der Waals surface area contributed by atoms with Crippen LogP contribution in [0.4, 0.5) is 8.78 Å². The molecule has 0 spiro atoms. The molecule has 3 aromatic carbocycles. The minimum absolute atomic E-state index is 0.0579. The molecule has 2 unspecified atom stereocenters. The van der Waals surface area contributed by atoms with E-state index in [0.717, 1.165) is 11.1 Å². The summed E-state index contributed by atoms with van der Waals surface area (Å²) in [5.41, 5.74) is 2.85. The third kappa shape index (κ3) is 5.47.